The van der Waals surface area contributed by atoms with Gasteiger partial charge in [0.1, 0.15) is 11.5 Å². The van der Waals surface area contributed by atoms with Crippen molar-refractivity contribution >= 4 is 17.5 Å². The Morgan fingerprint density at radius 1 is 1.48 bits per heavy atom. The van der Waals surface area contributed by atoms with E-state index in [9.17, 15) is 10.1 Å². The maximum Gasteiger partial charge on any atom is 0.158 e. The third-order valence-corrected chi connectivity index (χ3v) is 4.26. The van der Waals surface area contributed by atoms with Gasteiger partial charge in [0.2, 0.25) is 0 Å². The third-order valence-electron chi connectivity index (χ3n) is 3.36. The minimum Gasteiger partial charge on any atom is -0.465 e. The van der Waals surface area contributed by atoms with Crippen LogP contribution in [0.25, 0.3) is 0 Å². The zero-order valence-corrected chi connectivity index (χ0v) is 13.4. The van der Waals surface area contributed by atoms with Gasteiger partial charge in [0.25, 0.3) is 0 Å². The van der Waals surface area contributed by atoms with E-state index in [1.807, 2.05) is 32.9 Å². The number of ketones is 1. The van der Waals surface area contributed by atoms with E-state index in [1.54, 1.807) is 11.8 Å². The highest BCUT2D eigenvalue weighted by atomic mass is 32.2. The van der Waals surface area contributed by atoms with Crippen LogP contribution in [0, 0.1) is 18.3 Å². The highest BCUT2D eigenvalue weighted by Crippen LogP contribution is 2.41. The Morgan fingerprint density at radius 2 is 2.19 bits per heavy atom. The van der Waals surface area contributed by atoms with Crippen LogP contribution < -0.4 is 5.32 Å². The van der Waals surface area contributed by atoms with Crippen molar-refractivity contribution in [2.24, 2.45) is 0 Å². The van der Waals surface area contributed by atoms with Crippen molar-refractivity contribution in [3.8, 4) is 6.07 Å². The number of dihydropyridines is 1. The average Bonchev–Trinajstić information content (AvgIpc) is 2.84. The first-order valence-corrected chi connectivity index (χ1v) is 7.80. The number of nitrogens with zero attached hydrogens (tertiary/aromatic N) is 1. The number of nitriles is 1. The molecule has 5 heteroatoms. The monoisotopic (exact) mass is 302 g/mol. The molecule has 2 rings (SSSR count). The first-order valence-electron chi connectivity index (χ1n) is 6.81. The van der Waals surface area contributed by atoms with E-state index in [2.05, 4.69) is 11.4 Å². The highest BCUT2D eigenvalue weighted by Gasteiger charge is 2.34. The lowest BCUT2D eigenvalue weighted by molar-refractivity contribution is -0.113. The van der Waals surface area contributed by atoms with Crippen LogP contribution in [0.5, 0.6) is 0 Å². The van der Waals surface area contributed by atoms with Crippen LogP contribution in [0.15, 0.2) is 38.4 Å². The molecule has 1 atom stereocenters. The van der Waals surface area contributed by atoms with E-state index in [0.29, 0.717) is 16.9 Å². The van der Waals surface area contributed by atoms with Gasteiger partial charge >= 0.3 is 0 Å². The second kappa shape index (κ2) is 6.23. The lowest BCUT2D eigenvalue weighted by Gasteiger charge is -2.27. The molecule has 0 aliphatic carbocycles. The summed E-state index contributed by atoms with van der Waals surface area (Å²) in [6.07, 6.45) is 0. The van der Waals surface area contributed by atoms with Gasteiger partial charge in [0.05, 0.1) is 22.6 Å². The molecule has 0 fully saturated rings. The Balaban J connectivity index is 2.62. The van der Waals surface area contributed by atoms with E-state index in [4.69, 9.17) is 4.42 Å². The second-order valence-corrected chi connectivity index (χ2v) is 6.16. The largest absolute Gasteiger partial charge is 0.465 e. The SMILES string of the molecule is CCSC1=C(C#N)[C@@H](c2ccc(C)o2)C(C(C)=O)=C(C)N1. The van der Waals surface area contributed by atoms with Crippen LogP contribution in [-0.4, -0.2) is 11.5 Å². The number of carbonyl (C=O) groups excluding carboxylic acids is 1. The van der Waals surface area contributed by atoms with Crippen molar-refractivity contribution in [2.75, 3.05) is 5.75 Å². The number of aryl methyl sites for hydroxylation is 1. The van der Waals surface area contributed by atoms with Crippen molar-refractivity contribution in [2.45, 2.75) is 33.6 Å². The maximum atomic E-state index is 12.0. The molecule has 1 N–H and O–H groups in total. The molecule has 1 aromatic rings. The fourth-order valence-corrected chi connectivity index (χ4v) is 3.36. The summed E-state index contributed by atoms with van der Waals surface area (Å²) in [6, 6.07) is 5.95. The van der Waals surface area contributed by atoms with E-state index in [0.717, 1.165) is 22.2 Å². The molecule has 0 aromatic carbocycles. The Morgan fingerprint density at radius 3 is 2.67 bits per heavy atom. The lowest BCUT2D eigenvalue weighted by Crippen LogP contribution is -2.26. The van der Waals surface area contributed by atoms with Crippen LogP contribution >= 0.6 is 11.8 Å². The first-order chi connectivity index (χ1) is 9.99. The number of hydrogen-bond donors (Lipinski definition) is 1. The fourth-order valence-electron chi connectivity index (χ4n) is 2.53. The van der Waals surface area contributed by atoms with E-state index in [-0.39, 0.29) is 5.78 Å². The highest BCUT2D eigenvalue weighted by molar-refractivity contribution is 8.03. The van der Waals surface area contributed by atoms with E-state index >= 15 is 0 Å². The zero-order chi connectivity index (χ0) is 15.6. The first kappa shape index (κ1) is 15.5. The summed E-state index contributed by atoms with van der Waals surface area (Å²) in [4.78, 5) is 12.0. The van der Waals surface area contributed by atoms with Gasteiger partial charge in [0, 0.05) is 11.3 Å². The van der Waals surface area contributed by atoms with Gasteiger partial charge in [-0.15, -0.1) is 11.8 Å². The Labute approximate surface area is 128 Å². The molecule has 1 aliphatic heterocycles. The summed E-state index contributed by atoms with van der Waals surface area (Å²) < 4.78 is 5.70. The Hall–Kier alpha value is -1.93. The van der Waals surface area contributed by atoms with Crippen molar-refractivity contribution in [1.29, 1.82) is 5.26 Å². The normalized spacial score (nSPS) is 18.5. The zero-order valence-electron chi connectivity index (χ0n) is 12.6. The van der Waals surface area contributed by atoms with Crippen molar-refractivity contribution < 1.29 is 9.21 Å². The summed E-state index contributed by atoms with van der Waals surface area (Å²) in [5.41, 5.74) is 1.94. The van der Waals surface area contributed by atoms with Crippen molar-refractivity contribution in [3.63, 3.8) is 0 Å². The van der Waals surface area contributed by atoms with Gasteiger partial charge in [-0.05, 0) is 38.7 Å². The molecule has 0 saturated heterocycles. The van der Waals surface area contributed by atoms with Crippen molar-refractivity contribution in [3.05, 3.63) is 45.5 Å². The van der Waals surface area contributed by atoms with Crippen LogP contribution in [0.4, 0.5) is 0 Å². The fraction of sp³-hybridized carbons (Fsp3) is 0.375. The molecule has 0 radical (unpaired) electrons. The van der Waals surface area contributed by atoms with Gasteiger partial charge in [-0.25, -0.2) is 0 Å². The molecule has 0 unspecified atom stereocenters. The molecule has 21 heavy (non-hydrogen) atoms. The summed E-state index contributed by atoms with van der Waals surface area (Å²) in [5.74, 6) is 1.79. The molecule has 0 amide bonds. The number of hydrogen-bond acceptors (Lipinski definition) is 5. The topological polar surface area (TPSA) is 66.0 Å². The number of allylic oxidation sites excluding steroid dienone is 3. The standard InChI is InChI=1S/C16H18N2O2S/c1-5-21-16-12(8-17)15(13-7-6-9(2)20-13)14(11(4)19)10(3)18-16/h6-7,15,18H,5H2,1-4H3/t15-/m0/s1. The van der Waals surface area contributed by atoms with Crippen LogP contribution in [0.2, 0.25) is 0 Å². The quantitative estimate of drug-likeness (QED) is 0.920. The number of furan rings is 1. The summed E-state index contributed by atoms with van der Waals surface area (Å²) in [5, 5.41) is 13.6. The lowest BCUT2D eigenvalue weighted by atomic mass is 9.84. The molecule has 1 aromatic heterocycles. The molecule has 0 spiro atoms. The second-order valence-electron chi connectivity index (χ2n) is 4.89. The smallest absolute Gasteiger partial charge is 0.158 e. The van der Waals surface area contributed by atoms with Gasteiger partial charge in [-0.1, -0.05) is 6.92 Å². The predicted molar refractivity (Wildman–Crippen MR) is 83.5 cm³/mol. The Bertz CT molecular complexity index is 677. The molecule has 4 nitrogen and oxygen atoms in total. The number of nitrogens with one attached hydrogen (secondary N) is 1. The summed E-state index contributed by atoms with van der Waals surface area (Å²) >= 11 is 1.57. The van der Waals surface area contributed by atoms with Crippen LogP contribution in [-0.2, 0) is 4.79 Å². The molecule has 1 aliphatic rings. The van der Waals surface area contributed by atoms with Gasteiger partial charge in [-0.3, -0.25) is 4.79 Å². The molecule has 2 heterocycles. The van der Waals surface area contributed by atoms with E-state index in [1.165, 1.54) is 6.92 Å². The predicted octanol–water partition coefficient (Wildman–Crippen LogP) is 3.63. The minimum atomic E-state index is -0.420. The summed E-state index contributed by atoms with van der Waals surface area (Å²) in [6.45, 7) is 7.27. The van der Waals surface area contributed by atoms with Gasteiger partial charge < -0.3 is 9.73 Å². The van der Waals surface area contributed by atoms with Crippen LogP contribution in [0.1, 0.15) is 38.2 Å². The number of thioether (sulfide) groups is 1. The third kappa shape index (κ3) is 2.91. The van der Waals surface area contributed by atoms with Crippen LogP contribution in [0.3, 0.4) is 0 Å². The molecule has 0 saturated carbocycles. The minimum absolute atomic E-state index is 0.0487. The summed E-state index contributed by atoms with van der Waals surface area (Å²) in [7, 11) is 0. The van der Waals surface area contributed by atoms with Crippen molar-refractivity contribution in [1.82, 2.24) is 5.32 Å². The number of carbonyl (C=O) groups is 1. The molecular weight excluding hydrogens is 284 g/mol. The van der Waals surface area contributed by atoms with E-state index < -0.39 is 5.92 Å². The average molecular weight is 302 g/mol. The molecule has 0 bridgehead atoms. The number of Topliss-reactive ketones (excluding diaryl/α,β-unsaturated/α-hetero) is 1. The maximum absolute atomic E-state index is 12.0. The molecular formula is C16H18N2O2S. The molecule has 110 valence electrons. The van der Waals surface area contributed by atoms with Gasteiger partial charge in [0.15, 0.2) is 5.78 Å². The van der Waals surface area contributed by atoms with Gasteiger partial charge in [-0.2, -0.15) is 5.26 Å². The number of rotatable bonds is 4. The Kier molecular flexibility index (Phi) is 4.59.